The Morgan fingerprint density at radius 3 is 2.43 bits per heavy atom. The number of aromatic hydroxyl groups is 1. The van der Waals surface area contributed by atoms with Crippen molar-refractivity contribution < 1.29 is 22.7 Å². The largest absolute Gasteiger partial charge is 0.505 e. The maximum absolute atomic E-state index is 13.2. The van der Waals surface area contributed by atoms with Crippen molar-refractivity contribution >= 4 is 21.6 Å². The summed E-state index contributed by atoms with van der Waals surface area (Å²) in [5, 5.41) is 11.7. The molecule has 0 atom stereocenters. The van der Waals surface area contributed by atoms with Gasteiger partial charge >= 0.3 is 6.18 Å². The molecule has 0 saturated carbocycles. The second kappa shape index (κ2) is 5.93. The molecule has 2 aromatic rings. The summed E-state index contributed by atoms with van der Waals surface area (Å²) in [6, 6.07) is 7.39. The number of nitrogens with one attached hydrogen (secondary N) is 1. The van der Waals surface area contributed by atoms with E-state index in [1.807, 2.05) is 0 Å². The van der Waals surface area contributed by atoms with Gasteiger partial charge in [-0.05, 0) is 35.9 Å². The van der Waals surface area contributed by atoms with E-state index in [4.69, 9.17) is 5.11 Å². The Balaban J connectivity index is 2.22. The first-order valence-electron chi connectivity index (χ1n) is 5.85. The first-order valence-corrected chi connectivity index (χ1v) is 6.64. The van der Waals surface area contributed by atoms with Gasteiger partial charge in [-0.1, -0.05) is 22.0 Å². The molecular formula is C14H10BrF4NO. The standard InChI is InChI=1S/C14H10BrF4NO/c15-9-2-3-12(10(6-9)14(17,18)19)20-7-8-1-4-13(21)11(16)5-8/h1-6,20-21H,7H2. The molecule has 0 aromatic heterocycles. The van der Waals surface area contributed by atoms with Gasteiger partial charge in [-0.15, -0.1) is 0 Å². The van der Waals surface area contributed by atoms with Crippen LogP contribution in [-0.2, 0) is 12.7 Å². The number of phenolic OH excluding ortho intramolecular Hbond substituents is 1. The summed E-state index contributed by atoms with van der Waals surface area (Å²) in [6.45, 7) is 0.00190. The fourth-order valence-electron chi connectivity index (χ4n) is 1.76. The third-order valence-corrected chi connectivity index (χ3v) is 3.28. The minimum absolute atomic E-state index is 0.00190. The average molecular weight is 364 g/mol. The molecule has 112 valence electrons. The van der Waals surface area contributed by atoms with E-state index in [0.717, 1.165) is 18.2 Å². The number of anilines is 1. The molecule has 21 heavy (non-hydrogen) atoms. The summed E-state index contributed by atoms with van der Waals surface area (Å²) in [7, 11) is 0. The van der Waals surface area contributed by atoms with Crippen LogP contribution in [0.5, 0.6) is 5.75 Å². The van der Waals surface area contributed by atoms with Crippen molar-refractivity contribution in [2.24, 2.45) is 0 Å². The molecular weight excluding hydrogens is 354 g/mol. The number of alkyl halides is 3. The lowest BCUT2D eigenvalue weighted by molar-refractivity contribution is -0.137. The van der Waals surface area contributed by atoms with Crippen LogP contribution < -0.4 is 5.32 Å². The summed E-state index contributed by atoms with van der Waals surface area (Å²) in [4.78, 5) is 0. The van der Waals surface area contributed by atoms with Gasteiger partial charge in [0.05, 0.1) is 5.56 Å². The van der Waals surface area contributed by atoms with Crippen LogP contribution in [0, 0.1) is 5.82 Å². The Kier molecular flexibility index (Phi) is 4.41. The van der Waals surface area contributed by atoms with E-state index in [0.29, 0.717) is 10.0 Å². The molecule has 0 amide bonds. The monoisotopic (exact) mass is 363 g/mol. The topological polar surface area (TPSA) is 32.3 Å². The van der Waals surface area contributed by atoms with Gasteiger partial charge in [-0.25, -0.2) is 4.39 Å². The quantitative estimate of drug-likeness (QED) is 0.758. The van der Waals surface area contributed by atoms with Crippen LogP contribution in [0.4, 0.5) is 23.2 Å². The van der Waals surface area contributed by atoms with Crippen molar-refractivity contribution in [3.8, 4) is 5.75 Å². The molecule has 0 heterocycles. The minimum Gasteiger partial charge on any atom is -0.505 e. The van der Waals surface area contributed by atoms with Crippen molar-refractivity contribution in [3.05, 3.63) is 57.8 Å². The van der Waals surface area contributed by atoms with Crippen molar-refractivity contribution in [2.75, 3.05) is 5.32 Å². The summed E-state index contributed by atoms with van der Waals surface area (Å²) >= 11 is 3.00. The predicted octanol–water partition coefficient (Wildman–Crippen LogP) is 4.92. The van der Waals surface area contributed by atoms with Crippen LogP contribution in [0.15, 0.2) is 40.9 Å². The average Bonchev–Trinajstić information content (AvgIpc) is 2.40. The van der Waals surface area contributed by atoms with Crippen LogP contribution in [-0.4, -0.2) is 5.11 Å². The van der Waals surface area contributed by atoms with Crippen LogP contribution in [0.3, 0.4) is 0 Å². The van der Waals surface area contributed by atoms with Crippen molar-refractivity contribution in [3.63, 3.8) is 0 Å². The summed E-state index contributed by atoms with van der Waals surface area (Å²) in [6.07, 6.45) is -4.49. The maximum atomic E-state index is 13.2. The zero-order valence-corrected chi connectivity index (χ0v) is 12.1. The highest BCUT2D eigenvalue weighted by molar-refractivity contribution is 9.10. The van der Waals surface area contributed by atoms with Gasteiger partial charge in [0.2, 0.25) is 0 Å². The van der Waals surface area contributed by atoms with Gasteiger partial charge in [0.15, 0.2) is 11.6 Å². The van der Waals surface area contributed by atoms with Gasteiger partial charge in [-0.2, -0.15) is 13.2 Å². The van der Waals surface area contributed by atoms with Crippen molar-refractivity contribution in [1.82, 2.24) is 0 Å². The number of hydrogen-bond donors (Lipinski definition) is 2. The second-order valence-electron chi connectivity index (χ2n) is 4.33. The second-order valence-corrected chi connectivity index (χ2v) is 5.24. The van der Waals surface area contributed by atoms with Gasteiger partial charge in [0.1, 0.15) is 0 Å². The third-order valence-electron chi connectivity index (χ3n) is 2.78. The molecule has 0 aliphatic carbocycles. The van der Waals surface area contributed by atoms with Gasteiger partial charge in [0.25, 0.3) is 0 Å². The molecule has 0 bridgehead atoms. The SMILES string of the molecule is Oc1ccc(CNc2ccc(Br)cc2C(F)(F)F)cc1F. The van der Waals surface area contributed by atoms with E-state index in [9.17, 15) is 17.6 Å². The first kappa shape index (κ1) is 15.6. The molecule has 0 unspecified atom stereocenters. The number of phenols is 1. The molecule has 0 fully saturated rings. The summed E-state index contributed by atoms with van der Waals surface area (Å²) < 4.78 is 52.2. The lowest BCUT2D eigenvalue weighted by Crippen LogP contribution is -2.11. The number of rotatable bonds is 3. The lowest BCUT2D eigenvalue weighted by atomic mass is 10.1. The number of hydrogen-bond acceptors (Lipinski definition) is 2. The van der Waals surface area contributed by atoms with E-state index >= 15 is 0 Å². The van der Waals surface area contributed by atoms with Crippen LogP contribution in [0.2, 0.25) is 0 Å². The predicted molar refractivity (Wildman–Crippen MR) is 74.5 cm³/mol. The normalized spacial score (nSPS) is 11.5. The van der Waals surface area contributed by atoms with E-state index in [2.05, 4.69) is 21.2 Å². The van der Waals surface area contributed by atoms with Gasteiger partial charge in [0, 0.05) is 16.7 Å². The first-order chi connectivity index (χ1) is 9.77. The summed E-state index contributed by atoms with van der Waals surface area (Å²) in [5.74, 6) is -1.32. The fraction of sp³-hybridized carbons (Fsp3) is 0.143. The van der Waals surface area contributed by atoms with Crippen molar-refractivity contribution in [1.29, 1.82) is 0 Å². The van der Waals surface area contributed by atoms with Crippen LogP contribution in [0.25, 0.3) is 0 Å². The number of halogens is 5. The molecule has 0 spiro atoms. The maximum Gasteiger partial charge on any atom is 0.418 e. The molecule has 2 nitrogen and oxygen atoms in total. The smallest absolute Gasteiger partial charge is 0.418 e. The molecule has 0 saturated heterocycles. The molecule has 0 radical (unpaired) electrons. The molecule has 7 heteroatoms. The summed E-state index contributed by atoms with van der Waals surface area (Å²) in [5.41, 5.74) is -0.489. The van der Waals surface area contributed by atoms with Crippen LogP contribution in [0.1, 0.15) is 11.1 Å². The molecule has 0 aliphatic rings. The van der Waals surface area contributed by atoms with E-state index in [1.54, 1.807) is 0 Å². The minimum atomic E-state index is -4.49. The van der Waals surface area contributed by atoms with E-state index in [-0.39, 0.29) is 12.2 Å². The Morgan fingerprint density at radius 2 is 1.81 bits per heavy atom. The van der Waals surface area contributed by atoms with E-state index < -0.39 is 23.3 Å². The van der Waals surface area contributed by atoms with Gasteiger partial charge < -0.3 is 10.4 Å². The zero-order valence-electron chi connectivity index (χ0n) is 10.5. The fourth-order valence-corrected chi connectivity index (χ4v) is 2.12. The molecule has 2 aromatic carbocycles. The molecule has 0 aliphatic heterocycles. The Bertz CT molecular complexity index is 658. The highest BCUT2D eigenvalue weighted by atomic mass is 79.9. The molecule has 2 N–H and O–H groups in total. The van der Waals surface area contributed by atoms with Gasteiger partial charge in [-0.3, -0.25) is 0 Å². The van der Waals surface area contributed by atoms with Crippen molar-refractivity contribution in [2.45, 2.75) is 12.7 Å². The number of benzene rings is 2. The highest BCUT2D eigenvalue weighted by Gasteiger charge is 2.33. The zero-order chi connectivity index (χ0) is 15.6. The Morgan fingerprint density at radius 1 is 1.10 bits per heavy atom. The Labute approximate surface area is 126 Å². The highest BCUT2D eigenvalue weighted by Crippen LogP contribution is 2.36. The third kappa shape index (κ3) is 3.87. The lowest BCUT2D eigenvalue weighted by Gasteiger charge is -2.15. The van der Waals surface area contributed by atoms with Crippen LogP contribution >= 0.6 is 15.9 Å². The molecule has 2 rings (SSSR count). The Hall–Kier alpha value is -1.76. The van der Waals surface area contributed by atoms with E-state index in [1.165, 1.54) is 18.2 Å².